The van der Waals surface area contributed by atoms with Crippen molar-refractivity contribution >= 4 is 22.4 Å². The zero-order chi connectivity index (χ0) is 15.6. The Kier molecular flexibility index (Phi) is 5.13. The Morgan fingerprint density at radius 1 is 0.917 bits per heavy atom. The van der Waals surface area contributed by atoms with Gasteiger partial charge in [0.2, 0.25) is 0 Å². The average molecular weight is 387 g/mol. The Morgan fingerprint density at radius 2 is 1.67 bits per heavy atom. The van der Waals surface area contributed by atoms with Crippen LogP contribution in [0.5, 0.6) is 0 Å². The molecule has 0 amide bonds. The molecule has 1 heterocycles. The summed E-state index contributed by atoms with van der Waals surface area (Å²) in [6.45, 7) is 0. The van der Waals surface area contributed by atoms with Crippen molar-refractivity contribution in [2.24, 2.45) is 7.05 Å². The van der Waals surface area contributed by atoms with Crippen LogP contribution in [0.15, 0.2) is 72.8 Å². The topological polar surface area (TPSA) is 29.9 Å². The molecule has 0 saturated carbocycles. The van der Waals surface area contributed by atoms with E-state index in [-0.39, 0.29) is 32.7 Å². The van der Waals surface area contributed by atoms with Crippen LogP contribution >= 0.6 is 0 Å². The van der Waals surface area contributed by atoms with Gasteiger partial charge in [-0.25, -0.2) is 4.98 Å². The molecule has 3 nitrogen and oxygen atoms in total. The van der Waals surface area contributed by atoms with Gasteiger partial charge >= 0.3 is 0 Å². The van der Waals surface area contributed by atoms with Crippen LogP contribution in [-0.2, 0) is 39.8 Å². The molecule has 0 fully saturated rings. The monoisotopic (exact) mass is 387 g/mol. The zero-order valence-electron chi connectivity index (χ0n) is 13.4. The molecule has 24 heavy (non-hydrogen) atoms. The van der Waals surface area contributed by atoms with E-state index < -0.39 is 0 Å². The van der Waals surface area contributed by atoms with Crippen molar-refractivity contribution in [2.45, 2.75) is 0 Å². The summed E-state index contributed by atoms with van der Waals surface area (Å²) in [6, 6.07) is 27.6. The van der Waals surface area contributed by atoms with Crippen molar-refractivity contribution in [3.05, 3.63) is 78.9 Å². The van der Waals surface area contributed by atoms with Crippen LogP contribution in [0.2, 0.25) is 0 Å². The van der Waals surface area contributed by atoms with Crippen LogP contribution in [0.1, 0.15) is 0 Å². The second-order valence-corrected chi connectivity index (χ2v) is 5.47. The summed E-state index contributed by atoms with van der Waals surface area (Å²) in [7, 11) is 2.04. The summed E-state index contributed by atoms with van der Waals surface area (Å²) in [5.74, 6) is 0.953. The second kappa shape index (κ2) is 7.29. The number of rotatable bonds is 3. The predicted molar refractivity (Wildman–Crippen MR) is 94.7 cm³/mol. The number of anilines is 2. The summed E-state index contributed by atoms with van der Waals surface area (Å²) in [6.07, 6.45) is 0. The Labute approximate surface area is 166 Å². The van der Waals surface area contributed by atoms with Crippen molar-refractivity contribution in [3.63, 3.8) is 0 Å². The number of aryl methyl sites for hydroxylation is 1. The van der Waals surface area contributed by atoms with Gasteiger partial charge in [-0.1, -0.05) is 41.6 Å². The second-order valence-electron chi connectivity index (χ2n) is 5.47. The third-order valence-corrected chi connectivity index (χ3v) is 3.91. The fraction of sp³-hybridized carbons (Fsp3) is 0.0500. The smallest absolute Gasteiger partial charge is 0.0878 e. The number of benzene rings is 3. The maximum atomic E-state index is 4.72. The summed E-state index contributed by atoms with van der Waals surface area (Å²) < 4.78 is 2.11. The molecule has 1 radical (unpaired) electrons. The Bertz CT molecular complexity index is 944. The van der Waals surface area contributed by atoms with Crippen molar-refractivity contribution < 1.29 is 32.7 Å². The van der Waals surface area contributed by atoms with Gasteiger partial charge in [0.25, 0.3) is 0 Å². The van der Waals surface area contributed by atoms with E-state index in [1.807, 2.05) is 67.7 Å². The minimum atomic E-state index is 0. The van der Waals surface area contributed by atoms with Crippen LogP contribution in [0, 0.1) is 6.07 Å². The summed E-state index contributed by atoms with van der Waals surface area (Å²) in [4.78, 5) is 4.72. The molecule has 0 atom stereocenters. The average Bonchev–Trinajstić information content (AvgIpc) is 2.94. The van der Waals surface area contributed by atoms with Gasteiger partial charge in [-0.2, -0.15) is 18.2 Å². The molecule has 0 spiro atoms. The molecular formula is C20H16N3Y-. The predicted octanol–water partition coefficient (Wildman–Crippen LogP) is 4.78. The molecular weight excluding hydrogens is 371 g/mol. The van der Waals surface area contributed by atoms with Crippen molar-refractivity contribution in [1.82, 2.24) is 9.55 Å². The van der Waals surface area contributed by atoms with E-state index >= 15 is 0 Å². The largest absolute Gasteiger partial charge is 0.379 e. The van der Waals surface area contributed by atoms with E-state index in [9.17, 15) is 0 Å². The standard InChI is InChI=1S/C20H16N3.Y/c1-23-19-10-6-5-9-18(19)22-20(23)15-11-13-17(14-12-15)21-16-7-3-2-4-8-16;/h2-13,21H,1H3;/q-1;. The molecule has 3 aromatic carbocycles. The van der Waals surface area contributed by atoms with Crippen LogP contribution in [0.25, 0.3) is 22.4 Å². The third-order valence-electron chi connectivity index (χ3n) is 3.91. The number of hydrogen-bond acceptors (Lipinski definition) is 2. The number of fused-ring (bicyclic) bond motifs is 1. The third kappa shape index (κ3) is 3.28. The fourth-order valence-electron chi connectivity index (χ4n) is 2.72. The van der Waals surface area contributed by atoms with Crippen molar-refractivity contribution in [2.75, 3.05) is 5.32 Å². The van der Waals surface area contributed by atoms with E-state index in [0.717, 1.165) is 33.8 Å². The van der Waals surface area contributed by atoms with Crippen LogP contribution < -0.4 is 5.32 Å². The van der Waals surface area contributed by atoms with Gasteiger partial charge in [0.15, 0.2) is 0 Å². The quantitative estimate of drug-likeness (QED) is 0.513. The van der Waals surface area contributed by atoms with Crippen LogP contribution in [0.4, 0.5) is 11.4 Å². The summed E-state index contributed by atoms with van der Waals surface area (Å²) in [5, 5.41) is 3.34. The first-order valence-corrected chi connectivity index (χ1v) is 7.57. The van der Waals surface area contributed by atoms with Gasteiger partial charge in [-0.05, 0) is 24.3 Å². The van der Waals surface area contributed by atoms with Gasteiger partial charge < -0.3 is 9.88 Å². The van der Waals surface area contributed by atoms with E-state index in [2.05, 4.69) is 28.1 Å². The molecule has 4 aromatic rings. The first-order chi connectivity index (χ1) is 11.3. The van der Waals surface area contributed by atoms with E-state index in [1.54, 1.807) is 0 Å². The molecule has 0 unspecified atom stereocenters. The van der Waals surface area contributed by atoms with Gasteiger partial charge in [0.1, 0.15) is 0 Å². The number of aromatic nitrogens is 2. The zero-order valence-corrected chi connectivity index (χ0v) is 16.2. The summed E-state index contributed by atoms with van der Waals surface area (Å²) in [5.41, 5.74) is 5.20. The number of hydrogen-bond donors (Lipinski definition) is 1. The summed E-state index contributed by atoms with van der Waals surface area (Å²) >= 11 is 0. The van der Waals surface area contributed by atoms with Crippen molar-refractivity contribution in [1.29, 1.82) is 0 Å². The number of nitrogens with one attached hydrogen (secondary N) is 1. The van der Waals surface area contributed by atoms with Crippen LogP contribution in [-0.4, -0.2) is 9.55 Å². The maximum absolute atomic E-state index is 4.72. The van der Waals surface area contributed by atoms with Crippen molar-refractivity contribution in [3.8, 4) is 11.4 Å². The number of imidazole rings is 1. The fourth-order valence-corrected chi connectivity index (χ4v) is 2.72. The SMILES string of the molecule is Cn1c(-c2c[c-]c(Nc3ccccc3)cc2)nc2ccccc21.[Y]. The molecule has 0 saturated heterocycles. The minimum Gasteiger partial charge on any atom is -0.379 e. The molecule has 0 aliphatic heterocycles. The van der Waals surface area contributed by atoms with Gasteiger partial charge in [-0.15, -0.1) is 6.07 Å². The molecule has 1 N–H and O–H groups in total. The Morgan fingerprint density at radius 3 is 2.38 bits per heavy atom. The van der Waals surface area contributed by atoms with Gasteiger partial charge in [0.05, 0.1) is 16.9 Å². The first kappa shape index (κ1) is 16.9. The number of para-hydroxylation sites is 3. The number of nitrogens with zero attached hydrogens (tertiary/aromatic N) is 2. The maximum Gasteiger partial charge on any atom is 0.0878 e. The first-order valence-electron chi connectivity index (χ1n) is 7.57. The van der Waals surface area contributed by atoms with Gasteiger partial charge in [-0.3, -0.25) is 0 Å². The van der Waals surface area contributed by atoms with Gasteiger partial charge in [0, 0.05) is 45.4 Å². The molecule has 4 rings (SSSR count). The Hall–Kier alpha value is -1.97. The molecule has 0 aliphatic rings. The van der Waals surface area contributed by atoms with E-state index in [4.69, 9.17) is 4.98 Å². The Balaban J connectivity index is 0.00000169. The van der Waals surface area contributed by atoms with Crippen LogP contribution in [0.3, 0.4) is 0 Å². The van der Waals surface area contributed by atoms with E-state index in [1.165, 1.54) is 0 Å². The molecule has 0 aliphatic carbocycles. The molecule has 0 bridgehead atoms. The normalized spacial score (nSPS) is 10.4. The molecule has 1 aromatic heterocycles. The molecule has 4 heteroatoms. The minimum absolute atomic E-state index is 0. The molecule has 115 valence electrons. The van der Waals surface area contributed by atoms with E-state index in [0.29, 0.717) is 0 Å².